The molecule has 1 atom stereocenters. The summed E-state index contributed by atoms with van der Waals surface area (Å²) in [6.45, 7) is 3.15. The van der Waals surface area contributed by atoms with Crippen LogP contribution in [0.2, 0.25) is 0 Å². The van der Waals surface area contributed by atoms with Crippen molar-refractivity contribution in [2.45, 2.75) is 32.2 Å². The van der Waals surface area contributed by atoms with E-state index < -0.39 is 5.82 Å². The van der Waals surface area contributed by atoms with Crippen LogP contribution in [0, 0.1) is 17.1 Å². The molecule has 11 heteroatoms. The molecule has 0 bridgehead atoms. The lowest BCUT2D eigenvalue weighted by Gasteiger charge is -2.30. The molecule has 0 spiro atoms. The molecule has 2 aromatic heterocycles. The maximum atomic E-state index is 14.2. The predicted molar refractivity (Wildman–Crippen MR) is 152 cm³/mol. The summed E-state index contributed by atoms with van der Waals surface area (Å²) in [6.07, 6.45) is 3.22. The fourth-order valence-electron chi connectivity index (χ4n) is 4.97. The molecule has 0 unspecified atom stereocenters. The smallest absolute Gasteiger partial charge is 0.337 e. The molecular formula is C31H29FN6O4. The van der Waals surface area contributed by atoms with Gasteiger partial charge >= 0.3 is 5.97 Å². The molecule has 6 rings (SSSR count). The maximum Gasteiger partial charge on any atom is 0.337 e. The summed E-state index contributed by atoms with van der Waals surface area (Å²) in [5.41, 5.74) is 8.02. The first-order valence-corrected chi connectivity index (χ1v) is 13.7. The molecule has 42 heavy (non-hydrogen) atoms. The van der Waals surface area contributed by atoms with Gasteiger partial charge in [-0.2, -0.15) is 5.26 Å². The van der Waals surface area contributed by atoms with E-state index in [-0.39, 0.29) is 24.2 Å². The molecule has 2 aliphatic rings. The summed E-state index contributed by atoms with van der Waals surface area (Å²) >= 11 is 0. The van der Waals surface area contributed by atoms with Gasteiger partial charge in [0, 0.05) is 31.3 Å². The number of aromatic nitrogens is 3. The van der Waals surface area contributed by atoms with Gasteiger partial charge < -0.3 is 18.8 Å². The molecular weight excluding hydrogens is 539 g/mol. The standard InChI is InChI=1S/C31H29FN6O4/c1-40-31(39)21-7-8-27-28(14-21)38(17-24-10-12-41-24)29(35-27)18-37-11-9-22(16-34-37)26-3-2-4-30(36-26)42-19-23-6-5-20(15-33)13-25(23)32/h2-9,13-14,24,34H,10-12,16-19H2,1H3/t24-/m0/s1. The minimum absolute atomic E-state index is 0.00703. The van der Waals surface area contributed by atoms with Crippen molar-refractivity contribution in [1.82, 2.24) is 25.0 Å². The third kappa shape index (κ3) is 5.87. The molecule has 0 amide bonds. The Hall–Kier alpha value is -4.63. The lowest BCUT2D eigenvalue weighted by molar-refractivity contribution is -0.0592. The number of imidazole rings is 1. The molecule has 4 aromatic rings. The molecule has 10 nitrogen and oxygen atoms in total. The first-order valence-electron chi connectivity index (χ1n) is 13.7. The van der Waals surface area contributed by atoms with Gasteiger partial charge in [0.15, 0.2) is 0 Å². The minimum atomic E-state index is -0.484. The van der Waals surface area contributed by atoms with Crippen LogP contribution >= 0.6 is 0 Å². The van der Waals surface area contributed by atoms with E-state index in [2.05, 4.69) is 26.1 Å². The fraction of sp³-hybridized carbons (Fsp3) is 0.290. The first-order chi connectivity index (χ1) is 20.5. The van der Waals surface area contributed by atoms with E-state index in [1.807, 2.05) is 30.3 Å². The largest absolute Gasteiger partial charge is 0.473 e. The number of pyridine rings is 1. The van der Waals surface area contributed by atoms with Crippen LogP contribution in [-0.2, 0) is 29.2 Å². The Morgan fingerprint density at radius 2 is 2.10 bits per heavy atom. The van der Waals surface area contributed by atoms with E-state index in [0.29, 0.717) is 43.2 Å². The van der Waals surface area contributed by atoms with Crippen LogP contribution in [0.25, 0.3) is 16.6 Å². The number of carbonyl (C=O) groups is 1. The lowest BCUT2D eigenvalue weighted by atomic mass is 10.1. The fourth-order valence-corrected chi connectivity index (χ4v) is 4.97. The van der Waals surface area contributed by atoms with Crippen LogP contribution in [0.5, 0.6) is 5.88 Å². The first kappa shape index (κ1) is 27.5. The number of hydrogen-bond acceptors (Lipinski definition) is 9. The van der Waals surface area contributed by atoms with Gasteiger partial charge in [-0.1, -0.05) is 18.2 Å². The minimum Gasteiger partial charge on any atom is -0.473 e. The SMILES string of the molecule is COC(=O)c1ccc2nc(CN3CC=C(c4cccc(OCc5ccc(C#N)cc5F)n4)CN3)n(C[C@@H]3CCO3)c2c1. The summed E-state index contributed by atoms with van der Waals surface area (Å²) in [5.74, 6) is 0.390. The molecule has 2 aromatic carbocycles. The summed E-state index contributed by atoms with van der Waals surface area (Å²) < 4.78 is 32.7. The van der Waals surface area contributed by atoms with E-state index in [0.717, 1.165) is 41.2 Å². The van der Waals surface area contributed by atoms with Crippen molar-refractivity contribution in [3.8, 4) is 11.9 Å². The monoisotopic (exact) mass is 568 g/mol. The topological polar surface area (TPSA) is 115 Å². The molecule has 1 N–H and O–H groups in total. The number of esters is 1. The zero-order valence-corrected chi connectivity index (χ0v) is 23.0. The van der Waals surface area contributed by atoms with Crippen LogP contribution < -0.4 is 10.2 Å². The normalized spacial score (nSPS) is 16.9. The second kappa shape index (κ2) is 12.1. The lowest BCUT2D eigenvalue weighted by Crippen LogP contribution is -2.42. The molecule has 2 aliphatic heterocycles. The maximum absolute atomic E-state index is 14.2. The highest BCUT2D eigenvalue weighted by Crippen LogP contribution is 2.25. The van der Waals surface area contributed by atoms with Gasteiger partial charge in [-0.05, 0) is 48.4 Å². The van der Waals surface area contributed by atoms with Gasteiger partial charge in [-0.15, -0.1) is 0 Å². The van der Waals surface area contributed by atoms with Gasteiger partial charge in [0.25, 0.3) is 0 Å². The molecule has 4 heterocycles. The van der Waals surface area contributed by atoms with Crippen molar-refractivity contribution in [3.05, 3.63) is 94.7 Å². The van der Waals surface area contributed by atoms with E-state index in [9.17, 15) is 9.18 Å². The van der Waals surface area contributed by atoms with Crippen molar-refractivity contribution in [2.24, 2.45) is 0 Å². The Balaban J connectivity index is 1.14. The van der Waals surface area contributed by atoms with Gasteiger partial charge in [-0.3, -0.25) is 0 Å². The van der Waals surface area contributed by atoms with Gasteiger partial charge in [-0.25, -0.2) is 29.6 Å². The number of ether oxygens (including phenoxy) is 3. The number of hydrazine groups is 1. The number of hydrogen-bond donors (Lipinski definition) is 1. The van der Waals surface area contributed by atoms with Crippen LogP contribution in [0.15, 0.2) is 60.7 Å². The number of methoxy groups -OCH3 is 1. The predicted octanol–water partition coefficient (Wildman–Crippen LogP) is 4.00. The van der Waals surface area contributed by atoms with Crippen LogP contribution in [0.3, 0.4) is 0 Å². The zero-order valence-electron chi connectivity index (χ0n) is 23.0. The highest BCUT2D eigenvalue weighted by molar-refractivity contribution is 5.93. The third-order valence-corrected chi connectivity index (χ3v) is 7.42. The molecule has 1 saturated heterocycles. The van der Waals surface area contributed by atoms with E-state index in [1.54, 1.807) is 24.3 Å². The quantitative estimate of drug-likeness (QED) is 0.299. The third-order valence-electron chi connectivity index (χ3n) is 7.42. The van der Waals surface area contributed by atoms with E-state index in [4.69, 9.17) is 24.5 Å². The second-order valence-corrected chi connectivity index (χ2v) is 10.1. The number of benzene rings is 2. The van der Waals surface area contributed by atoms with E-state index in [1.165, 1.54) is 13.2 Å². The Bertz CT molecular complexity index is 1710. The summed E-state index contributed by atoms with van der Waals surface area (Å²) in [7, 11) is 1.37. The average molecular weight is 569 g/mol. The summed E-state index contributed by atoms with van der Waals surface area (Å²) in [6, 6.07) is 17.1. The Kier molecular flexibility index (Phi) is 7.92. The number of nitriles is 1. The van der Waals surface area contributed by atoms with Crippen molar-refractivity contribution in [1.29, 1.82) is 5.26 Å². The molecule has 0 saturated carbocycles. The van der Waals surface area contributed by atoms with Crippen LogP contribution in [0.4, 0.5) is 4.39 Å². The van der Waals surface area contributed by atoms with Crippen molar-refractivity contribution in [3.63, 3.8) is 0 Å². The Morgan fingerprint density at radius 1 is 1.21 bits per heavy atom. The van der Waals surface area contributed by atoms with Crippen molar-refractivity contribution in [2.75, 3.05) is 26.8 Å². The molecule has 214 valence electrons. The molecule has 1 fully saturated rings. The van der Waals surface area contributed by atoms with Crippen molar-refractivity contribution < 1.29 is 23.4 Å². The van der Waals surface area contributed by atoms with Crippen LogP contribution in [-0.4, -0.2) is 58.4 Å². The number of carbonyl (C=O) groups excluding carboxylic acids is 1. The van der Waals surface area contributed by atoms with Gasteiger partial charge in [0.1, 0.15) is 18.2 Å². The number of fused-ring (bicyclic) bond motifs is 1. The van der Waals surface area contributed by atoms with Gasteiger partial charge in [0.2, 0.25) is 5.88 Å². The molecule has 0 aliphatic carbocycles. The Morgan fingerprint density at radius 3 is 2.81 bits per heavy atom. The number of nitrogens with one attached hydrogen (secondary N) is 1. The second-order valence-electron chi connectivity index (χ2n) is 10.1. The van der Waals surface area contributed by atoms with E-state index >= 15 is 0 Å². The Labute approximate surface area is 241 Å². The number of rotatable bonds is 9. The number of halogens is 1. The summed E-state index contributed by atoms with van der Waals surface area (Å²) in [4.78, 5) is 21.6. The van der Waals surface area contributed by atoms with Crippen LogP contribution in [0.1, 0.15) is 39.4 Å². The number of nitrogens with zero attached hydrogens (tertiary/aromatic N) is 5. The molecule has 0 radical (unpaired) electrons. The highest BCUT2D eigenvalue weighted by Gasteiger charge is 2.24. The van der Waals surface area contributed by atoms with Gasteiger partial charge in [0.05, 0.1) is 60.2 Å². The zero-order chi connectivity index (χ0) is 29.1. The van der Waals surface area contributed by atoms with Crippen molar-refractivity contribution >= 4 is 22.6 Å². The average Bonchev–Trinajstić information content (AvgIpc) is 3.34. The highest BCUT2D eigenvalue weighted by atomic mass is 19.1. The summed E-state index contributed by atoms with van der Waals surface area (Å²) in [5, 5.41) is 11.0.